The van der Waals surface area contributed by atoms with E-state index in [0.29, 0.717) is 44.1 Å². The van der Waals surface area contributed by atoms with Crippen LogP contribution in [0, 0.1) is 0 Å². The standard InChI is InChI=1S/C22H28N4O5/c1-15(2)14-31-18-7-5-17(6-8-18)22(4)20(29)26(21(30)23-22)13-19(28)25-11-9-24(10-12-25)16(3)27/h5-8H,1,9-14H2,2-4H3,(H,23,30). The number of rotatable bonds is 6. The summed E-state index contributed by atoms with van der Waals surface area (Å²) in [5.74, 6) is -0.208. The highest BCUT2D eigenvalue weighted by Crippen LogP contribution is 2.30. The number of hydrogen-bond donors (Lipinski definition) is 1. The van der Waals surface area contributed by atoms with Gasteiger partial charge in [-0.2, -0.15) is 0 Å². The lowest BCUT2D eigenvalue weighted by Gasteiger charge is -2.34. The van der Waals surface area contributed by atoms with Crippen LogP contribution in [0.5, 0.6) is 5.75 Å². The summed E-state index contributed by atoms with van der Waals surface area (Å²) in [6.45, 7) is 10.5. The van der Waals surface area contributed by atoms with E-state index in [1.54, 1.807) is 41.0 Å². The predicted molar refractivity (Wildman–Crippen MR) is 113 cm³/mol. The molecule has 9 heteroatoms. The molecule has 2 aliphatic heterocycles. The fourth-order valence-corrected chi connectivity index (χ4v) is 3.63. The molecule has 0 saturated carbocycles. The highest BCUT2D eigenvalue weighted by molar-refractivity contribution is 6.09. The third kappa shape index (κ3) is 4.70. The summed E-state index contributed by atoms with van der Waals surface area (Å²) >= 11 is 0. The van der Waals surface area contributed by atoms with Crippen molar-refractivity contribution in [3.8, 4) is 5.75 Å². The van der Waals surface area contributed by atoms with Gasteiger partial charge in [-0.3, -0.25) is 19.3 Å². The molecule has 2 fully saturated rings. The third-order valence-corrected chi connectivity index (χ3v) is 5.56. The number of ether oxygens (including phenoxy) is 1. The number of benzene rings is 1. The molecule has 5 amide bonds. The Bertz CT molecular complexity index is 905. The van der Waals surface area contributed by atoms with Crippen molar-refractivity contribution in [3.63, 3.8) is 0 Å². The quantitative estimate of drug-likeness (QED) is 0.540. The van der Waals surface area contributed by atoms with Crippen LogP contribution in [-0.2, 0) is 19.9 Å². The van der Waals surface area contributed by atoms with Gasteiger partial charge in [0.2, 0.25) is 11.8 Å². The molecule has 0 aliphatic carbocycles. The molecular weight excluding hydrogens is 400 g/mol. The van der Waals surface area contributed by atoms with Crippen LogP contribution in [0.25, 0.3) is 0 Å². The molecule has 1 atom stereocenters. The Balaban J connectivity index is 1.65. The van der Waals surface area contributed by atoms with E-state index in [1.165, 1.54) is 6.92 Å². The van der Waals surface area contributed by atoms with Crippen molar-refractivity contribution in [2.24, 2.45) is 0 Å². The second kappa shape index (κ2) is 8.79. The van der Waals surface area contributed by atoms with Crippen LogP contribution in [-0.4, -0.2) is 77.8 Å². The normalized spacial score (nSPS) is 21.2. The van der Waals surface area contributed by atoms with E-state index in [9.17, 15) is 19.2 Å². The number of carbonyl (C=O) groups excluding carboxylic acids is 4. The van der Waals surface area contributed by atoms with Gasteiger partial charge in [0.15, 0.2) is 0 Å². The van der Waals surface area contributed by atoms with Gasteiger partial charge in [0.1, 0.15) is 24.4 Å². The van der Waals surface area contributed by atoms with Crippen molar-refractivity contribution in [1.29, 1.82) is 0 Å². The SMILES string of the molecule is C=C(C)COc1ccc(C2(C)NC(=O)N(CC(=O)N3CCN(C(C)=O)CC3)C2=O)cc1. The summed E-state index contributed by atoms with van der Waals surface area (Å²) in [4.78, 5) is 53.9. The molecule has 9 nitrogen and oxygen atoms in total. The molecule has 1 aromatic carbocycles. The minimum atomic E-state index is -1.27. The van der Waals surface area contributed by atoms with Gasteiger partial charge < -0.3 is 19.9 Å². The summed E-state index contributed by atoms with van der Waals surface area (Å²) < 4.78 is 5.57. The van der Waals surface area contributed by atoms with Gasteiger partial charge in [-0.25, -0.2) is 4.79 Å². The van der Waals surface area contributed by atoms with E-state index >= 15 is 0 Å². The Morgan fingerprint density at radius 1 is 1.06 bits per heavy atom. The van der Waals surface area contributed by atoms with Gasteiger partial charge in [0, 0.05) is 33.1 Å². The Hall–Kier alpha value is -3.36. The van der Waals surface area contributed by atoms with E-state index < -0.39 is 17.5 Å². The van der Waals surface area contributed by atoms with Crippen LogP contribution in [0.1, 0.15) is 26.3 Å². The lowest BCUT2D eigenvalue weighted by Crippen LogP contribution is -2.53. The Labute approximate surface area is 181 Å². The maximum atomic E-state index is 13.1. The van der Waals surface area contributed by atoms with Crippen LogP contribution in [0.3, 0.4) is 0 Å². The highest BCUT2D eigenvalue weighted by atomic mass is 16.5. The van der Waals surface area contributed by atoms with Gasteiger partial charge in [-0.15, -0.1) is 0 Å². The average Bonchev–Trinajstić information content (AvgIpc) is 2.96. The van der Waals surface area contributed by atoms with Crippen LogP contribution < -0.4 is 10.1 Å². The first-order valence-electron chi connectivity index (χ1n) is 10.2. The van der Waals surface area contributed by atoms with Crippen LogP contribution in [0.4, 0.5) is 4.79 Å². The molecule has 1 N–H and O–H groups in total. The van der Waals surface area contributed by atoms with Crippen molar-refractivity contribution < 1.29 is 23.9 Å². The molecule has 1 unspecified atom stereocenters. The minimum Gasteiger partial charge on any atom is -0.489 e. The van der Waals surface area contributed by atoms with Crippen molar-refractivity contribution in [2.75, 3.05) is 39.3 Å². The highest BCUT2D eigenvalue weighted by Gasteiger charge is 2.49. The molecule has 0 radical (unpaired) electrons. The number of carbonyl (C=O) groups is 4. The number of nitrogens with one attached hydrogen (secondary N) is 1. The van der Waals surface area contributed by atoms with Crippen molar-refractivity contribution >= 4 is 23.8 Å². The Kier molecular flexibility index (Phi) is 6.33. The summed E-state index contributed by atoms with van der Waals surface area (Å²) in [7, 11) is 0. The predicted octanol–water partition coefficient (Wildman–Crippen LogP) is 1.10. The fraction of sp³-hybridized carbons (Fsp3) is 0.455. The first kappa shape index (κ1) is 22.3. The van der Waals surface area contributed by atoms with Gasteiger partial charge in [0.05, 0.1) is 0 Å². The number of nitrogens with zero attached hydrogens (tertiary/aromatic N) is 3. The number of hydrogen-bond acceptors (Lipinski definition) is 5. The molecule has 0 spiro atoms. The van der Waals surface area contributed by atoms with Crippen LogP contribution in [0.15, 0.2) is 36.4 Å². The maximum Gasteiger partial charge on any atom is 0.325 e. The molecule has 3 rings (SSSR count). The number of amides is 5. The van der Waals surface area contributed by atoms with E-state index in [4.69, 9.17) is 4.74 Å². The molecule has 2 aliphatic rings. The molecule has 2 saturated heterocycles. The van der Waals surface area contributed by atoms with Gasteiger partial charge in [-0.05, 0) is 37.1 Å². The third-order valence-electron chi connectivity index (χ3n) is 5.56. The van der Waals surface area contributed by atoms with E-state index in [0.717, 1.165) is 10.5 Å². The van der Waals surface area contributed by atoms with E-state index in [1.807, 2.05) is 6.92 Å². The van der Waals surface area contributed by atoms with Crippen LogP contribution in [0.2, 0.25) is 0 Å². The second-order valence-electron chi connectivity index (χ2n) is 8.10. The largest absolute Gasteiger partial charge is 0.489 e. The lowest BCUT2D eigenvalue weighted by atomic mass is 9.92. The van der Waals surface area contributed by atoms with Crippen LogP contribution >= 0.6 is 0 Å². The van der Waals surface area contributed by atoms with Gasteiger partial charge in [-0.1, -0.05) is 18.7 Å². The molecule has 0 bridgehead atoms. The average molecular weight is 428 g/mol. The van der Waals surface area contributed by atoms with Crippen molar-refractivity contribution in [3.05, 3.63) is 42.0 Å². The smallest absolute Gasteiger partial charge is 0.325 e. The maximum absolute atomic E-state index is 13.1. The summed E-state index contributed by atoms with van der Waals surface area (Å²) in [5.41, 5.74) is 0.216. The first-order valence-corrected chi connectivity index (χ1v) is 10.2. The zero-order valence-electron chi connectivity index (χ0n) is 18.1. The summed E-state index contributed by atoms with van der Waals surface area (Å²) in [6, 6.07) is 6.29. The number of imide groups is 1. The second-order valence-corrected chi connectivity index (χ2v) is 8.10. The topological polar surface area (TPSA) is 99.3 Å². The van der Waals surface area contributed by atoms with E-state index in [2.05, 4.69) is 11.9 Å². The first-order chi connectivity index (χ1) is 14.6. The molecule has 1 aromatic rings. The summed E-state index contributed by atoms with van der Waals surface area (Å²) in [6.07, 6.45) is 0. The van der Waals surface area contributed by atoms with Crippen molar-refractivity contribution in [2.45, 2.75) is 26.3 Å². The Morgan fingerprint density at radius 3 is 2.19 bits per heavy atom. The monoisotopic (exact) mass is 428 g/mol. The van der Waals surface area contributed by atoms with Gasteiger partial charge >= 0.3 is 6.03 Å². The zero-order valence-corrected chi connectivity index (χ0v) is 18.1. The molecule has 0 aromatic heterocycles. The van der Waals surface area contributed by atoms with Crippen molar-refractivity contribution in [1.82, 2.24) is 20.0 Å². The number of piperazine rings is 1. The zero-order chi connectivity index (χ0) is 22.8. The Morgan fingerprint density at radius 2 is 1.65 bits per heavy atom. The molecule has 166 valence electrons. The minimum absolute atomic E-state index is 0.0343. The van der Waals surface area contributed by atoms with Gasteiger partial charge in [0.25, 0.3) is 5.91 Å². The lowest BCUT2D eigenvalue weighted by molar-refractivity contribution is -0.141. The van der Waals surface area contributed by atoms with E-state index in [-0.39, 0.29) is 18.4 Å². The molecule has 31 heavy (non-hydrogen) atoms. The number of urea groups is 1. The summed E-state index contributed by atoms with van der Waals surface area (Å²) in [5, 5.41) is 2.71. The molecule has 2 heterocycles. The molecular formula is C22H28N4O5. The fourth-order valence-electron chi connectivity index (χ4n) is 3.63.